The van der Waals surface area contributed by atoms with Crippen molar-refractivity contribution in [3.05, 3.63) is 23.7 Å². The summed E-state index contributed by atoms with van der Waals surface area (Å²) in [6, 6.07) is 3.61. The molecule has 0 spiro atoms. The van der Waals surface area contributed by atoms with E-state index in [2.05, 4.69) is 28.9 Å². The summed E-state index contributed by atoms with van der Waals surface area (Å²) in [5.74, 6) is 2.39. The first kappa shape index (κ1) is 13.8. The average molecular weight is 264 g/mol. The van der Waals surface area contributed by atoms with Gasteiger partial charge in [0.15, 0.2) is 11.6 Å². The summed E-state index contributed by atoms with van der Waals surface area (Å²) in [6.07, 6.45) is 0.773. The van der Waals surface area contributed by atoms with Gasteiger partial charge in [-0.3, -0.25) is 0 Å². The van der Waals surface area contributed by atoms with Gasteiger partial charge in [-0.25, -0.2) is 0 Å². The minimum absolute atomic E-state index is 0.364. The van der Waals surface area contributed by atoms with Crippen LogP contribution in [0.15, 0.2) is 21.1 Å². The fraction of sp³-hybridized carbons (Fsp3) is 0.538. The monoisotopic (exact) mass is 264 g/mol. The summed E-state index contributed by atoms with van der Waals surface area (Å²) in [4.78, 5) is 6.64. The Morgan fingerprint density at radius 2 is 2.05 bits per heavy atom. The molecule has 6 nitrogen and oxygen atoms in total. The highest BCUT2D eigenvalue weighted by Gasteiger charge is 2.13. The second-order valence-corrected chi connectivity index (χ2v) is 4.26. The standard InChI is InChI=1S/C13H20N4O2/c1-3-17(4-2)8-7-12-15-13(19-16-12)11-6-5-10(9-14)18-11/h5-6H,3-4,7-9,14H2,1-2H3. The van der Waals surface area contributed by atoms with Crippen LogP contribution in [-0.2, 0) is 13.0 Å². The van der Waals surface area contributed by atoms with Gasteiger partial charge >= 0.3 is 0 Å². The lowest BCUT2D eigenvalue weighted by Crippen LogP contribution is -2.25. The molecule has 2 aromatic heterocycles. The van der Waals surface area contributed by atoms with Crippen LogP contribution in [0.3, 0.4) is 0 Å². The second-order valence-electron chi connectivity index (χ2n) is 4.26. The van der Waals surface area contributed by atoms with Gasteiger partial charge in [0.25, 0.3) is 5.89 Å². The van der Waals surface area contributed by atoms with Crippen molar-refractivity contribution in [3.8, 4) is 11.7 Å². The molecule has 0 unspecified atom stereocenters. The van der Waals surface area contributed by atoms with Crippen molar-refractivity contribution in [2.45, 2.75) is 26.8 Å². The van der Waals surface area contributed by atoms with Gasteiger partial charge in [0.1, 0.15) is 5.76 Å². The zero-order valence-electron chi connectivity index (χ0n) is 11.4. The van der Waals surface area contributed by atoms with Crippen molar-refractivity contribution in [1.82, 2.24) is 15.0 Å². The Morgan fingerprint density at radius 1 is 1.26 bits per heavy atom. The Kier molecular flexibility index (Phi) is 4.70. The molecule has 0 aliphatic carbocycles. The van der Waals surface area contributed by atoms with Crippen molar-refractivity contribution < 1.29 is 8.94 Å². The van der Waals surface area contributed by atoms with Crippen molar-refractivity contribution in [2.24, 2.45) is 5.73 Å². The molecule has 19 heavy (non-hydrogen) atoms. The molecule has 0 fully saturated rings. The smallest absolute Gasteiger partial charge is 0.293 e. The van der Waals surface area contributed by atoms with Gasteiger partial charge in [0.05, 0.1) is 6.54 Å². The Balaban J connectivity index is 1.98. The average Bonchev–Trinajstić information content (AvgIpc) is 3.08. The van der Waals surface area contributed by atoms with Crippen LogP contribution in [0.1, 0.15) is 25.4 Å². The molecule has 0 amide bonds. The van der Waals surface area contributed by atoms with Crippen molar-refractivity contribution in [3.63, 3.8) is 0 Å². The fourth-order valence-corrected chi connectivity index (χ4v) is 1.86. The number of aromatic nitrogens is 2. The number of hydrogen-bond acceptors (Lipinski definition) is 6. The highest BCUT2D eigenvalue weighted by Crippen LogP contribution is 2.20. The van der Waals surface area contributed by atoms with Crippen LogP contribution in [-0.4, -0.2) is 34.7 Å². The molecule has 104 valence electrons. The lowest BCUT2D eigenvalue weighted by molar-refractivity contribution is 0.303. The fourth-order valence-electron chi connectivity index (χ4n) is 1.86. The predicted molar refractivity (Wildman–Crippen MR) is 71.4 cm³/mol. The van der Waals surface area contributed by atoms with Gasteiger partial charge in [-0.2, -0.15) is 4.98 Å². The highest BCUT2D eigenvalue weighted by molar-refractivity contribution is 5.44. The first-order valence-electron chi connectivity index (χ1n) is 6.60. The van der Waals surface area contributed by atoms with E-state index < -0.39 is 0 Å². The molecule has 2 heterocycles. The molecule has 2 N–H and O–H groups in total. The van der Waals surface area contributed by atoms with E-state index in [9.17, 15) is 0 Å². The normalized spacial score (nSPS) is 11.4. The first-order valence-corrected chi connectivity index (χ1v) is 6.60. The number of likely N-dealkylation sites (N-methyl/N-ethyl adjacent to an activating group) is 1. The van der Waals surface area contributed by atoms with Crippen LogP contribution in [0.4, 0.5) is 0 Å². The number of rotatable bonds is 7. The third-order valence-corrected chi connectivity index (χ3v) is 3.09. The molecular formula is C13H20N4O2. The number of nitrogens with two attached hydrogens (primary N) is 1. The molecule has 0 saturated carbocycles. The minimum atomic E-state index is 0.364. The van der Waals surface area contributed by atoms with Crippen molar-refractivity contribution >= 4 is 0 Å². The Bertz CT molecular complexity index is 502. The van der Waals surface area contributed by atoms with Crippen LogP contribution < -0.4 is 5.73 Å². The third kappa shape index (κ3) is 3.42. The number of furan rings is 1. The lowest BCUT2D eigenvalue weighted by Gasteiger charge is -2.16. The molecule has 0 aromatic carbocycles. The lowest BCUT2D eigenvalue weighted by atomic mass is 10.3. The molecule has 0 aliphatic heterocycles. The third-order valence-electron chi connectivity index (χ3n) is 3.09. The summed E-state index contributed by atoms with van der Waals surface area (Å²) >= 11 is 0. The van der Waals surface area contributed by atoms with Gasteiger partial charge < -0.3 is 19.6 Å². The molecule has 0 saturated heterocycles. The van der Waals surface area contributed by atoms with E-state index in [1.807, 2.05) is 6.07 Å². The van der Waals surface area contributed by atoms with E-state index in [0.717, 1.165) is 26.1 Å². The van der Waals surface area contributed by atoms with Crippen molar-refractivity contribution in [2.75, 3.05) is 19.6 Å². The minimum Gasteiger partial charge on any atom is -0.455 e. The quantitative estimate of drug-likeness (QED) is 0.819. The first-order chi connectivity index (χ1) is 9.26. The summed E-state index contributed by atoms with van der Waals surface area (Å²) in [6.45, 7) is 7.63. The van der Waals surface area contributed by atoms with Gasteiger partial charge in [-0.05, 0) is 25.2 Å². The van der Waals surface area contributed by atoms with Crippen LogP contribution in [0.2, 0.25) is 0 Å². The van der Waals surface area contributed by atoms with E-state index in [1.54, 1.807) is 6.07 Å². The maximum atomic E-state index is 5.49. The van der Waals surface area contributed by atoms with Crippen LogP contribution in [0.5, 0.6) is 0 Å². The topological polar surface area (TPSA) is 81.3 Å². The maximum Gasteiger partial charge on any atom is 0.293 e. The van der Waals surface area contributed by atoms with Gasteiger partial charge in [0.2, 0.25) is 0 Å². The Morgan fingerprint density at radius 3 is 2.68 bits per heavy atom. The van der Waals surface area contributed by atoms with E-state index in [-0.39, 0.29) is 0 Å². The summed E-state index contributed by atoms with van der Waals surface area (Å²) < 4.78 is 10.7. The molecule has 0 atom stereocenters. The number of hydrogen-bond donors (Lipinski definition) is 1. The molecule has 0 aliphatic rings. The SMILES string of the molecule is CCN(CC)CCc1noc(-c2ccc(CN)o2)n1. The molecule has 2 rings (SSSR count). The molecule has 6 heteroatoms. The summed E-state index contributed by atoms with van der Waals surface area (Å²) in [5.41, 5.74) is 5.49. The second kappa shape index (κ2) is 6.49. The van der Waals surface area contributed by atoms with Gasteiger partial charge in [-0.1, -0.05) is 19.0 Å². The van der Waals surface area contributed by atoms with Gasteiger partial charge in [-0.15, -0.1) is 0 Å². The summed E-state index contributed by atoms with van der Waals surface area (Å²) in [5, 5.41) is 3.96. The van der Waals surface area contributed by atoms with Crippen LogP contribution in [0, 0.1) is 0 Å². The van der Waals surface area contributed by atoms with Crippen molar-refractivity contribution in [1.29, 1.82) is 0 Å². The molecule has 2 aromatic rings. The molecular weight excluding hydrogens is 244 g/mol. The largest absolute Gasteiger partial charge is 0.455 e. The molecule has 0 bridgehead atoms. The Labute approximate surface area is 112 Å². The van der Waals surface area contributed by atoms with E-state index >= 15 is 0 Å². The van der Waals surface area contributed by atoms with Crippen LogP contribution >= 0.6 is 0 Å². The highest BCUT2D eigenvalue weighted by atomic mass is 16.5. The molecule has 0 radical (unpaired) electrons. The van der Waals surface area contributed by atoms with E-state index in [4.69, 9.17) is 14.7 Å². The number of nitrogens with zero attached hydrogens (tertiary/aromatic N) is 3. The van der Waals surface area contributed by atoms with Gasteiger partial charge in [0, 0.05) is 13.0 Å². The Hall–Kier alpha value is -1.66. The van der Waals surface area contributed by atoms with E-state index in [1.165, 1.54) is 0 Å². The zero-order chi connectivity index (χ0) is 13.7. The predicted octanol–water partition coefficient (Wildman–Crippen LogP) is 1.67. The summed E-state index contributed by atoms with van der Waals surface area (Å²) in [7, 11) is 0. The van der Waals surface area contributed by atoms with Crippen LogP contribution in [0.25, 0.3) is 11.7 Å². The maximum absolute atomic E-state index is 5.49. The zero-order valence-corrected chi connectivity index (χ0v) is 11.4. The van der Waals surface area contributed by atoms with E-state index in [0.29, 0.717) is 29.8 Å².